The monoisotopic (exact) mass is 449 g/mol. The van der Waals surface area contributed by atoms with Gasteiger partial charge in [0.2, 0.25) is 10.0 Å². The van der Waals surface area contributed by atoms with Crippen molar-refractivity contribution in [1.82, 2.24) is 4.31 Å². The van der Waals surface area contributed by atoms with Gasteiger partial charge in [-0.3, -0.25) is 8.37 Å². The van der Waals surface area contributed by atoms with Crippen molar-refractivity contribution in [2.24, 2.45) is 0 Å². The van der Waals surface area contributed by atoms with E-state index in [4.69, 9.17) is 9.78 Å². The highest BCUT2D eigenvalue weighted by molar-refractivity contribution is 7.88. The quantitative estimate of drug-likeness (QED) is 0.334. The Kier molecular flexibility index (Phi) is 11.3. The predicted octanol–water partition coefficient (Wildman–Crippen LogP) is 2.13. The van der Waals surface area contributed by atoms with E-state index in [1.54, 1.807) is 6.07 Å². The summed E-state index contributed by atoms with van der Waals surface area (Å²) in [6.45, 7) is 2.77. The molecule has 0 bridgehead atoms. The Morgan fingerprint density at radius 3 is 2.31 bits per heavy atom. The van der Waals surface area contributed by atoms with Crippen molar-refractivity contribution in [3.05, 3.63) is 42.0 Å². The highest BCUT2D eigenvalue weighted by atomic mass is 32.2. The third kappa shape index (κ3) is 9.63. The smallest absolute Gasteiger partial charge is 0.304 e. The van der Waals surface area contributed by atoms with Crippen LogP contribution in [0.15, 0.2) is 36.4 Å². The molecule has 1 atom stereocenters. The summed E-state index contributed by atoms with van der Waals surface area (Å²) in [6.07, 6.45) is 1.08. The number of rotatable bonds is 10. The highest BCUT2D eigenvalue weighted by Crippen LogP contribution is 2.25. The van der Waals surface area contributed by atoms with Crippen molar-refractivity contribution in [2.75, 3.05) is 40.2 Å². The zero-order valence-electron chi connectivity index (χ0n) is 16.9. The minimum Gasteiger partial charge on any atom is -0.508 e. The van der Waals surface area contributed by atoms with Crippen LogP contribution in [0.5, 0.6) is 5.75 Å². The van der Waals surface area contributed by atoms with Crippen LogP contribution in [0.25, 0.3) is 10.8 Å². The highest BCUT2D eigenvalue weighted by Gasteiger charge is 2.10. The van der Waals surface area contributed by atoms with E-state index in [1.807, 2.05) is 37.3 Å². The molecule has 2 aromatic rings. The molecule has 0 aliphatic carbocycles. The first kappa shape index (κ1) is 25.4. The third-order valence-corrected chi connectivity index (χ3v) is 5.60. The first-order valence-electron chi connectivity index (χ1n) is 8.64. The summed E-state index contributed by atoms with van der Waals surface area (Å²) in [7, 11) is -0.550. The zero-order valence-corrected chi connectivity index (χ0v) is 18.5. The molecule has 0 aliphatic heterocycles. The molecule has 0 saturated carbocycles. The lowest BCUT2D eigenvalue weighted by atomic mass is 10.1. The molecule has 0 saturated heterocycles. The number of hydrogen-bond donors (Lipinski definition) is 1. The summed E-state index contributed by atoms with van der Waals surface area (Å²) >= 11 is -1.79. The molecule has 1 unspecified atom stereocenters. The SMILES string of the molecule is CCOOCc1cc2ccccc2cc1O.COS(=O)OCCN(C)S(C)(=O)=O. The van der Waals surface area contributed by atoms with Crippen LogP contribution < -0.4 is 0 Å². The fourth-order valence-electron chi connectivity index (χ4n) is 2.03. The first-order chi connectivity index (χ1) is 13.7. The zero-order chi connectivity index (χ0) is 21.9. The molecule has 0 heterocycles. The number of nitrogens with zero attached hydrogens (tertiary/aromatic N) is 1. The minimum absolute atomic E-state index is 0.0318. The summed E-state index contributed by atoms with van der Waals surface area (Å²) in [5, 5.41) is 11.9. The lowest BCUT2D eigenvalue weighted by Crippen LogP contribution is -2.29. The molecule has 0 amide bonds. The second-order valence-corrected chi connectivity index (χ2v) is 8.84. The fraction of sp³-hybridized carbons (Fsp3) is 0.444. The average Bonchev–Trinajstić information content (AvgIpc) is 2.68. The van der Waals surface area contributed by atoms with Crippen LogP contribution in [0, 0.1) is 0 Å². The van der Waals surface area contributed by atoms with Crippen molar-refractivity contribution in [3.63, 3.8) is 0 Å². The Morgan fingerprint density at radius 1 is 1.14 bits per heavy atom. The van der Waals surface area contributed by atoms with Crippen LogP contribution in [0.3, 0.4) is 0 Å². The Balaban J connectivity index is 0.000000298. The molecule has 0 radical (unpaired) electrons. The molecule has 0 aliphatic rings. The minimum atomic E-state index is -3.19. The van der Waals surface area contributed by atoms with Crippen LogP contribution in [0.4, 0.5) is 0 Å². The summed E-state index contributed by atoms with van der Waals surface area (Å²) in [4.78, 5) is 9.73. The number of hydrogen-bond acceptors (Lipinski definition) is 8. The summed E-state index contributed by atoms with van der Waals surface area (Å²) in [6, 6.07) is 11.5. The predicted molar refractivity (Wildman–Crippen MR) is 111 cm³/mol. The Hall–Kier alpha value is -1.60. The van der Waals surface area contributed by atoms with Gasteiger partial charge in [-0.15, -0.1) is 0 Å². The molecule has 2 aromatic carbocycles. The van der Waals surface area contributed by atoms with Crippen LogP contribution >= 0.6 is 0 Å². The average molecular weight is 450 g/mol. The van der Waals surface area contributed by atoms with Gasteiger partial charge in [0.1, 0.15) is 12.4 Å². The molecular formula is C18H27NO8S2. The molecule has 1 N–H and O–H groups in total. The van der Waals surface area contributed by atoms with Crippen molar-refractivity contribution >= 4 is 32.2 Å². The van der Waals surface area contributed by atoms with E-state index in [2.05, 4.69) is 8.37 Å². The molecule has 0 fully saturated rings. The standard InChI is InChI=1S/C13H14O3.C5H13NO5S2/c1-2-15-16-9-12-7-10-5-3-4-6-11(10)8-13(12)14;1-6(13(3,8)9)4-5-11-12(7)10-2/h3-8,14H,2,9H2,1H3;4-5H2,1-3H3. The number of phenols is 1. The van der Waals surface area contributed by atoms with Gasteiger partial charge < -0.3 is 5.11 Å². The van der Waals surface area contributed by atoms with E-state index in [1.165, 1.54) is 14.2 Å². The number of benzene rings is 2. The fourth-order valence-corrected chi connectivity index (χ4v) is 2.74. The topological polar surface area (TPSA) is 112 Å². The van der Waals surface area contributed by atoms with Crippen molar-refractivity contribution in [2.45, 2.75) is 13.5 Å². The molecule has 29 heavy (non-hydrogen) atoms. The first-order valence-corrected chi connectivity index (χ1v) is 11.5. The van der Waals surface area contributed by atoms with Gasteiger partial charge in [-0.2, -0.15) is 4.21 Å². The second-order valence-electron chi connectivity index (χ2n) is 5.77. The Morgan fingerprint density at radius 2 is 1.76 bits per heavy atom. The maximum atomic E-state index is 10.8. The molecular weight excluding hydrogens is 422 g/mol. The molecule has 11 heteroatoms. The van der Waals surface area contributed by atoms with Gasteiger partial charge in [0, 0.05) is 19.2 Å². The van der Waals surface area contributed by atoms with Gasteiger partial charge in [0.05, 0.1) is 26.6 Å². The summed E-state index contributed by atoms with van der Waals surface area (Å²) in [5.41, 5.74) is 0.729. The van der Waals surface area contributed by atoms with Gasteiger partial charge in [-0.1, -0.05) is 24.3 Å². The van der Waals surface area contributed by atoms with Crippen LogP contribution in [0.1, 0.15) is 12.5 Å². The third-order valence-electron chi connectivity index (χ3n) is 3.65. The molecule has 0 spiro atoms. The van der Waals surface area contributed by atoms with Crippen LogP contribution in [-0.4, -0.2) is 62.2 Å². The van der Waals surface area contributed by atoms with Gasteiger partial charge in [-0.05, 0) is 29.8 Å². The Bertz CT molecular complexity index is 889. The van der Waals surface area contributed by atoms with E-state index in [9.17, 15) is 17.7 Å². The molecule has 2 rings (SSSR count). The van der Waals surface area contributed by atoms with Gasteiger partial charge in [0.25, 0.3) is 0 Å². The lowest BCUT2D eigenvalue weighted by molar-refractivity contribution is -0.300. The lowest BCUT2D eigenvalue weighted by Gasteiger charge is -2.12. The van der Waals surface area contributed by atoms with Gasteiger partial charge >= 0.3 is 11.4 Å². The van der Waals surface area contributed by atoms with E-state index < -0.39 is 21.4 Å². The van der Waals surface area contributed by atoms with Gasteiger partial charge in [-0.25, -0.2) is 22.5 Å². The number of fused-ring (bicyclic) bond motifs is 1. The number of likely N-dealkylation sites (N-methyl/N-ethyl adjacent to an activating group) is 1. The maximum absolute atomic E-state index is 10.8. The Labute approximate surface area is 174 Å². The van der Waals surface area contributed by atoms with E-state index in [-0.39, 0.29) is 25.5 Å². The largest absolute Gasteiger partial charge is 0.508 e. The normalized spacial score (nSPS) is 12.6. The second kappa shape index (κ2) is 12.9. The van der Waals surface area contributed by atoms with Crippen molar-refractivity contribution in [3.8, 4) is 5.75 Å². The number of sulfonamides is 1. The van der Waals surface area contributed by atoms with Crippen LogP contribution in [0.2, 0.25) is 0 Å². The van der Waals surface area contributed by atoms with Gasteiger partial charge in [0.15, 0.2) is 0 Å². The van der Waals surface area contributed by atoms with E-state index in [0.717, 1.165) is 26.9 Å². The molecule has 9 nitrogen and oxygen atoms in total. The van der Waals surface area contributed by atoms with E-state index >= 15 is 0 Å². The summed E-state index contributed by atoms with van der Waals surface area (Å²) in [5.74, 6) is 0.235. The van der Waals surface area contributed by atoms with Crippen LogP contribution in [-0.2, 0) is 46.1 Å². The van der Waals surface area contributed by atoms with Crippen molar-refractivity contribution < 1.29 is 35.9 Å². The maximum Gasteiger partial charge on any atom is 0.304 e. The molecule has 0 aromatic heterocycles. The summed E-state index contributed by atoms with van der Waals surface area (Å²) < 4.78 is 42.2. The van der Waals surface area contributed by atoms with Crippen molar-refractivity contribution in [1.29, 1.82) is 0 Å². The molecule has 164 valence electrons. The van der Waals surface area contributed by atoms with E-state index in [0.29, 0.717) is 6.61 Å². The number of phenolic OH excluding ortho intramolecular Hbond substituents is 1. The number of aromatic hydroxyl groups is 1.